The summed E-state index contributed by atoms with van der Waals surface area (Å²) in [6.45, 7) is 12.2. The van der Waals surface area contributed by atoms with Gasteiger partial charge in [0.2, 0.25) is 0 Å². The molecule has 0 rings (SSSR count). The van der Waals surface area contributed by atoms with Crippen molar-refractivity contribution < 1.29 is 21.5 Å². The van der Waals surface area contributed by atoms with Crippen LogP contribution in [0.25, 0.3) is 0 Å². The maximum absolute atomic E-state index is 6.14. The minimum atomic E-state index is 0. The highest BCUT2D eigenvalue weighted by atomic mass is 79.9. The molecule has 0 aromatic rings. The SMILES string of the molecule is CCCCCC[N+](CCCl)(CCCCC)CCCCC.[Br-]. The Morgan fingerprint density at radius 1 is 0.571 bits per heavy atom. The molecule has 0 N–H and O–H groups in total. The van der Waals surface area contributed by atoms with Crippen LogP contribution < -0.4 is 17.0 Å². The summed E-state index contributed by atoms with van der Waals surface area (Å²) in [4.78, 5) is 0. The molecule has 0 bridgehead atoms. The molecule has 0 saturated heterocycles. The van der Waals surface area contributed by atoms with Gasteiger partial charge in [0, 0.05) is 0 Å². The van der Waals surface area contributed by atoms with E-state index in [-0.39, 0.29) is 17.0 Å². The fourth-order valence-corrected chi connectivity index (χ4v) is 3.48. The van der Waals surface area contributed by atoms with Gasteiger partial charge in [-0.05, 0) is 38.5 Å². The zero-order chi connectivity index (χ0) is 15.1. The van der Waals surface area contributed by atoms with Gasteiger partial charge < -0.3 is 21.5 Å². The molecule has 0 aromatic heterocycles. The van der Waals surface area contributed by atoms with Crippen LogP contribution in [0.15, 0.2) is 0 Å². The summed E-state index contributed by atoms with van der Waals surface area (Å²) < 4.78 is 1.30. The van der Waals surface area contributed by atoms with Crippen molar-refractivity contribution in [2.24, 2.45) is 0 Å². The third-order valence-corrected chi connectivity index (χ3v) is 4.69. The molecule has 0 saturated carbocycles. The Labute approximate surface area is 150 Å². The largest absolute Gasteiger partial charge is 1.00 e. The van der Waals surface area contributed by atoms with Crippen molar-refractivity contribution in [2.75, 3.05) is 32.1 Å². The van der Waals surface area contributed by atoms with Gasteiger partial charge in [0.25, 0.3) is 0 Å². The maximum atomic E-state index is 6.14. The molecule has 0 heterocycles. The second kappa shape index (κ2) is 17.1. The lowest BCUT2D eigenvalue weighted by atomic mass is 10.1. The first-order chi connectivity index (χ1) is 9.74. The molecule has 130 valence electrons. The third kappa shape index (κ3) is 12.9. The van der Waals surface area contributed by atoms with Crippen molar-refractivity contribution in [3.63, 3.8) is 0 Å². The molecular weight excluding hydrogens is 346 g/mol. The van der Waals surface area contributed by atoms with Gasteiger partial charge in [0.05, 0.1) is 32.1 Å². The highest BCUT2D eigenvalue weighted by molar-refractivity contribution is 6.17. The highest BCUT2D eigenvalue weighted by Crippen LogP contribution is 2.17. The molecule has 21 heavy (non-hydrogen) atoms. The number of quaternary nitrogens is 1. The van der Waals surface area contributed by atoms with E-state index in [1.807, 2.05) is 0 Å². The van der Waals surface area contributed by atoms with E-state index >= 15 is 0 Å². The number of nitrogens with zero attached hydrogens (tertiary/aromatic N) is 1. The van der Waals surface area contributed by atoms with Crippen molar-refractivity contribution in [2.45, 2.75) is 85.0 Å². The van der Waals surface area contributed by atoms with Crippen LogP contribution in [-0.2, 0) is 0 Å². The summed E-state index contributed by atoms with van der Waals surface area (Å²) in [6.07, 6.45) is 13.7. The fourth-order valence-electron chi connectivity index (χ4n) is 3.12. The maximum Gasteiger partial charge on any atom is 0.0924 e. The minimum Gasteiger partial charge on any atom is -1.00 e. The normalized spacial score (nSPS) is 11.4. The van der Waals surface area contributed by atoms with Crippen LogP contribution in [0.1, 0.15) is 85.0 Å². The van der Waals surface area contributed by atoms with Crippen molar-refractivity contribution >= 4 is 11.6 Å². The van der Waals surface area contributed by atoms with Gasteiger partial charge >= 0.3 is 0 Å². The summed E-state index contributed by atoms with van der Waals surface area (Å²) in [5, 5.41) is 0. The van der Waals surface area contributed by atoms with Crippen LogP contribution in [-0.4, -0.2) is 36.5 Å². The molecule has 3 heteroatoms. The summed E-state index contributed by atoms with van der Waals surface area (Å²) in [5.74, 6) is 0.825. The number of rotatable bonds is 15. The molecular formula is C18H39BrClN. The van der Waals surface area contributed by atoms with Gasteiger partial charge in [0.1, 0.15) is 0 Å². The number of hydrogen-bond acceptors (Lipinski definition) is 0. The van der Waals surface area contributed by atoms with Gasteiger partial charge in [-0.25, -0.2) is 0 Å². The Hall–Kier alpha value is 0.730. The topological polar surface area (TPSA) is 0 Å². The standard InChI is InChI=1S/C18H39ClN.BrH/c1-4-7-10-13-17-20(18-14-19,15-11-8-5-2)16-12-9-6-3;/h4-18H2,1-3H3;1H/q+1;/p-1. The molecule has 0 atom stereocenters. The lowest BCUT2D eigenvalue weighted by molar-refractivity contribution is -0.926. The van der Waals surface area contributed by atoms with Crippen LogP contribution in [0, 0.1) is 0 Å². The number of unbranched alkanes of at least 4 members (excludes halogenated alkanes) is 7. The molecule has 1 nitrogen and oxygen atoms in total. The van der Waals surface area contributed by atoms with E-state index in [2.05, 4.69) is 20.8 Å². The van der Waals surface area contributed by atoms with E-state index in [9.17, 15) is 0 Å². The van der Waals surface area contributed by atoms with E-state index < -0.39 is 0 Å². The van der Waals surface area contributed by atoms with Crippen LogP contribution in [0.3, 0.4) is 0 Å². The van der Waals surface area contributed by atoms with Crippen molar-refractivity contribution in [3.05, 3.63) is 0 Å². The Morgan fingerprint density at radius 2 is 0.952 bits per heavy atom. The second-order valence-corrected chi connectivity index (χ2v) is 6.78. The first-order valence-electron chi connectivity index (χ1n) is 9.15. The van der Waals surface area contributed by atoms with Crippen molar-refractivity contribution in [1.82, 2.24) is 0 Å². The lowest BCUT2D eigenvalue weighted by Gasteiger charge is -2.39. The lowest BCUT2D eigenvalue weighted by Crippen LogP contribution is -3.00. The highest BCUT2D eigenvalue weighted by Gasteiger charge is 2.25. The molecule has 0 aliphatic heterocycles. The van der Waals surface area contributed by atoms with Crippen LogP contribution in [0.5, 0.6) is 0 Å². The number of halogens is 2. The van der Waals surface area contributed by atoms with Crippen LogP contribution in [0.4, 0.5) is 0 Å². The van der Waals surface area contributed by atoms with E-state index in [4.69, 9.17) is 11.6 Å². The van der Waals surface area contributed by atoms with Gasteiger partial charge in [-0.15, -0.1) is 11.6 Å². The molecule has 0 aliphatic carbocycles. The second-order valence-electron chi connectivity index (χ2n) is 6.40. The Kier molecular flexibility index (Phi) is 19.5. The van der Waals surface area contributed by atoms with E-state index in [1.54, 1.807) is 0 Å². The number of alkyl halides is 1. The molecule has 0 spiro atoms. The minimum absolute atomic E-state index is 0. The molecule has 0 radical (unpaired) electrons. The summed E-state index contributed by atoms with van der Waals surface area (Å²) in [7, 11) is 0. The van der Waals surface area contributed by atoms with Crippen molar-refractivity contribution in [1.29, 1.82) is 0 Å². The first kappa shape index (κ1) is 24.0. The zero-order valence-corrected chi connectivity index (χ0v) is 17.2. The van der Waals surface area contributed by atoms with Crippen LogP contribution in [0.2, 0.25) is 0 Å². The van der Waals surface area contributed by atoms with Gasteiger partial charge in [-0.1, -0.05) is 46.5 Å². The van der Waals surface area contributed by atoms with Gasteiger partial charge in [-0.2, -0.15) is 0 Å². The summed E-state index contributed by atoms with van der Waals surface area (Å²) in [5.41, 5.74) is 0. The average Bonchev–Trinajstić information content (AvgIpc) is 2.44. The predicted molar refractivity (Wildman–Crippen MR) is 93.6 cm³/mol. The van der Waals surface area contributed by atoms with Gasteiger partial charge in [0.15, 0.2) is 0 Å². The Morgan fingerprint density at radius 3 is 1.33 bits per heavy atom. The average molecular weight is 385 g/mol. The predicted octanol–water partition coefficient (Wildman–Crippen LogP) is 3.01. The number of hydrogen-bond donors (Lipinski definition) is 0. The van der Waals surface area contributed by atoms with E-state index in [0.29, 0.717) is 0 Å². The molecule has 0 aromatic carbocycles. The molecule has 0 aliphatic rings. The molecule has 0 fully saturated rings. The van der Waals surface area contributed by atoms with Gasteiger partial charge in [-0.3, -0.25) is 0 Å². The van der Waals surface area contributed by atoms with E-state index in [0.717, 1.165) is 5.88 Å². The third-order valence-electron chi connectivity index (χ3n) is 4.52. The Bertz CT molecular complexity index is 190. The van der Waals surface area contributed by atoms with Crippen LogP contribution >= 0.6 is 11.6 Å². The zero-order valence-electron chi connectivity index (χ0n) is 14.8. The van der Waals surface area contributed by atoms with Crippen molar-refractivity contribution in [3.8, 4) is 0 Å². The first-order valence-corrected chi connectivity index (χ1v) is 9.69. The molecule has 0 unspecified atom stereocenters. The van der Waals surface area contributed by atoms with E-state index in [1.165, 1.54) is 94.9 Å². The summed E-state index contributed by atoms with van der Waals surface area (Å²) >= 11 is 6.14. The Balaban J connectivity index is 0. The molecule has 0 amide bonds. The fraction of sp³-hybridized carbons (Fsp3) is 1.00. The monoisotopic (exact) mass is 383 g/mol. The smallest absolute Gasteiger partial charge is 0.0924 e. The summed E-state index contributed by atoms with van der Waals surface area (Å²) in [6, 6.07) is 0. The quantitative estimate of drug-likeness (QED) is 0.231.